The molecule has 2 aromatic heterocycles. The maximum Gasteiger partial charge on any atom is 0.276 e. The Hall–Kier alpha value is -2.67. The third-order valence-electron chi connectivity index (χ3n) is 4.24. The summed E-state index contributed by atoms with van der Waals surface area (Å²) in [5.74, 6) is 1.42. The molecule has 0 spiro atoms. The number of nitrogens with zero attached hydrogens (tertiary/aromatic N) is 4. The van der Waals surface area contributed by atoms with Crippen LogP contribution in [0.2, 0.25) is 0 Å². The molecular formula is C17H18N4O3. The number of amides is 1. The minimum atomic E-state index is -0.111. The van der Waals surface area contributed by atoms with Gasteiger partial charge in [-0.2, -0.15) is 0 Å². The van der Waals surface area contributed by atoms with Crippen molar-refractivity contribution in [2.75, 3.05) is 26.3 Å². The highest BCUT2D eigenvalue weighted by atomic mass is 16.5. The molecule has 1 fully saturated rings. The maximum absolute atomic E-state index is 12.4. The molecule has 0 unspecified atom stereocenters. The summed E-state index contributed by atoms with van der Waals surface area (Å²) in [6.07, 6.45) is 0. The molecule has 0 aliphatic carbocycles. The SMILES string of the molecule is Cc1nc2ccccc2n1Cc1cc(C(=O)N2CCOCC2)no1. The first-order valence-electron chi connectivity index (χ1n) is 7.97. The average Bonchev–Trinajstić information content (AvgIpc) is 3.21. The summed E-state index contributed by atoms with van der Waals surface area (Å²) in [7, 11) is 0. The minimum absolute atomic E-state index is 0.111. The van der Waals surface area contributed by atoms with Gasteiger partial charge in [-0.15, -0.1) is 0 Å². The molecule has 0 N–H and O–H groups in total. The lowest BCUT2D eigenvalue weighted by Crippen LogP contribution is -2.40. The first kappa shape index (κ1) is 14.9. The highest BCUT2D eigenvalue weighted by Crippen LogP contribution is 2.18. The highest BCUT2D eigenvalue weighted by molar-refractivity contribution is 5.92. The van der Waals surface area contributed by atoms with Crippen molar-refractivity contribution in [3.8, 4) is 0 Å². The maximum atomic E-state index is 12.4. The number of benzene rings is 1. The van der Waals surface area contributed by atoms with Gasteiger partial charge in [0.15, 0.2) is 11.5 Å². The fraction of sp³-hybridized carbons (Fsp3) is 0.353. The quantitative estimate of drug-likeness (QED) is 0.734. The minimum Gasteiger partial charge on any atom is -0.378 e. The van der Waals surface area contributed by atoms with Crippen LogP contribution in [0.1, 0.15) is 22.1 Å². The Kier molecular flexibility index (Phi) is 3.78. The summed E-state index contributed by atoms with van der Waals surface area (Å²) in [4.78, 5) is 18.7. The van der Waals surface area contributed by atoms with Gasteiger partial charge in [-0.1, -0.05) is 17.3 Å². The second-order valence-corrected chi connectivity index (χ2v) is 5.82. The van der Waals surface area contributed by atoms with Gasteiger partial charge >= 0.3 is 0 Å². The van der Waals surface area contributed by atoms with E-state index in [1.165, 1.54) is 0 Å². The molecule has 124 valence electrons. The van der Waals surface area contributed by atoms with Gasteiger partial charge in [0, 0.05) is 19.2 Å². The van der Waals surface area contributed by atoms with Crippen LogP contribution < -0.4 is 0 Å². The van der Waals surface area contributed by atoms with E-state index in [1.54, 1.807) is 11.0 Å². The summed E-state index contributed by atoms with van der Waals surface area (Å²) in [5.41, 5.74) is 2.32. The molecule has 1 saturated heterocycles. The van der Waals surface area contributed by atoms with Gasteiger partial charge < -0.3 is 18.7 Å². The van der Waals surface area contributed by atoms with Crippen LogP contribution in [-0.4, -0.2) is 51.8 Å². The molecule has 7 nitrogen and oxygen atoms in total. The average molecular weight is 326 g/mol. The van der Waals surface area contributed by atoms with E-state index in [4.69, 9.17) is 9.26 Å². The largest absolute Gasteiger partial charge is 0.378 e. The Morgan fingerprint density at radius 1 is 1.25 bits per heavy atom. The number of ether oxygens (including phenoxy) is 1. The van der Waals surface area contributed by atoms with Crippen molar-refractivity contribution in [3.05, 3.63) is 47.6 Å². The zero-order valence-corrected chi connectivity index (χ0v) is 13.4. The topological polar surface area (TPSA) is 73.4 Å². The van der Waals surface area contributed by atoms with E-state index in [-0.39, 0.29) is 5.91 Å². The standard InChI is InChI=1S/C17H18N4O3/c1-12-18-14-4-2-3-5-16(14)21(12)11-13-10-15(19-24-13)17(22)20-6-8-23-9-7-20/h2-5,10H,6-9,11H2,1H3. The van der Waals surface area contributed by atoms with Gasteiger partial charge in [0.2, 0.25) is 0 Å². The van der Waals surface area contributed by atoms with E-state index in [1.807, 2.05) is 31.2 Å². The van der Waals surface area contributed by atoms with E-state index >= 15 is 0 Å². The zero-order valence-electron chi connectivity index (χ0n) is 13.4. The molecule has 0 radical (unpaired) electrons. The number of hydrogen-bond acceptors (Lipinski definition) is 5. The van der Waals surface area contributed by atoms with E-state index < -0.39 is 0 Å². The molecule has 1 aliphatic heterocycles. The van der Waals surface area contributed by atoms with Crippen LogP contribution >= 0.6 is 0 Å². The molecule has 24 heavy (non-hydrogen) atoms. The Bertz CT molecular complexity index is 877. The van der Waals surface area contributed by atoms with Crippen molar-refractivity contribution in [2.45, 2.75) is 13.5 Å². The molecule has 0 atom stereocenters. The van der Waals surface area contributed by atoms with Gasteiger partial charge in [0.05, 0.1) is 30.8 Å². The second-order valence-electron chi connectivity index (χ2n) is 5.82. The number of fused-ring (bicyclic) bond motifs is 1. The molecule has 1 amide bonds. The summed E-state index contributed by atoms with van der Waals surface area (Å²) < 4.78 is 12.7. The highest BCUT2D eigenvalue weighted by Gasteiger charge is 2.22. The van der Waals surface area contributed by atoms with Crippen LogP contribution in [0.3, 0.4) is 0 Å². The normalized spacial score (nSPS) is 15.1. The molecular weight excluding hydrogens is 308 g/mol. The van der Waals surface area contributed by atoms with Crippen LogP contribution in [-0.2, 0) is 11.3 Å². The molecule has 4 rings (SSSR count). The molecule has 7 heteroatoms. The molecule has 0 bridgehead atoms. The fourth-order valence-corrected chi connectivity index (χ4v) is 2.97. The van der Waals surface area contributed by atoms with Crippen molar-refractivity contribution < 1.29 is 14.1 Å². The number of aromatic nitrogens is 3. The number of rotatable bonds is 3. The van der Waals surface area contributed by atoms with Gasteiger partial charge in [0.1, 0.15) is 5.82 Å². The van der Waals surface area contributed by atoms with E-state index in [2.05, 4.69) is 14.7 Å². The molecule has 3 aromatic rings. The predicted octanol–water partition coefficient (Wildman–Crippen LogP) is 1.85. The number of hydrogen-bond donors (Lipinski definition) is 0. The summed E-state index contributed by atoms with van der Waals surface area (Å²) in [5, 5.41) is 3.94. The molecule has 1 aliphatic rings. The van der Waals surface area contributed by atoms with Gasteiger partial charge in [-0.25, -0.2) is 4.98 Å². The second kappa shape index (κ2) is 6.09. The summed E-state index contributed by atoms with van der Waals surface area (Å²) in [6.45, 7) is 4.76. The van der Waals surface area contributed by atoms with Crippen molar-refractivity contribution >= 4 is 16.9 Å². The lowest BCUT2D eigenvalue weighted by Gasteiger charge is -2.25. The number of para-hydroxylation sites is 2. The van der Waals surface area contributed by atoms with Gasteiger partial charge in [0.25, 0.3) is 5.91 Å². The van der Waals surface area contributed by atoms with Crippen molar-refractivity contribution in [1.29, 1.82) is 0 Å². The van der Waals surface area contributed by atoms with E-state index in [0.717, 1.165) is 16.9 Å². The Morgan fingerprint density at radius 2 is 2.04 bits per heavy atom. The number of imidazole rings is 1. The van der Waals surface area contributed by atoms with Crippen LogP contribution in [0.15, 0.2) is 34.9 Å². The van der Waals surface area contributed by atoms with Crippen molar-refractivity contribution in [1.82, 2.24) is 19.6 Å². The van der Waals surface area contributed by atoms with Crippen LogP contribution in [0.4, 0.5) is 0 Å². The van der Waals surface area contributed by atoms with Gasteiger partial charge in [-0.05, 0) is 19.1 Å². The van der Waals surface area contributed by atoms with E-state index in [9.17, 15) is 4.79 Å². The summed E-state index contributed by atoms with van der Waals surface area (Å²) >= 11 is 0. The van der Waals surface area contributed by atoms with Crippen LogP contribution in [0, 0.1) is 6.92 Å². The molecule has 0 saturated carbocycles. The molecule has 3 heterocycles. The first-order chi connectivity index (χ1) is 11.7. The number of aryl methyl sites for hydroxylation is 1. The Balaban J connectivity index is 1.56. The first-order valence-corrected chi connectivity index (χ1v) is 7.97. The Labute approximate surface area is 138 Å². The number of carbonyl (C=O) groups excluding carboxylic acids is 1. The van der Waals surface area contributed by atoms with Crippen molar-refractivity contribution in [3.63, 3.8) is 0 Å². The van der Waals surface area contributed by atoms with Gasteiger partial charge in [-0.3, -0.25) is 4.79 Å². The third-order valence-corrected chi connectivity index (χ3v) is 4.24. The zero-order chi connectivity index (χ0) is 16.5. The molecule has 1 aromatic carbocycles. The monoisotopic (exact) mass is 326 g/mol. The number of carbonyl (C=O) groups is 1. The number of morpholine rings is 1. The van der Waals surface area contributed by atoms with Crippen LogP contribution in [0.5, 0.6) is 0 Å². The predicted molar refractivity (Wildman–Crippen MR) is 86.8 cm³/mol. The van der Waals surface area contributed by atoms with E-state index in [0.29, 0.717) is 44.3 Å². The lowest BCUT2D eigenvalue weighted by atomic mass is 10.3. The van der Waals surface area contributed by atoms with Crippen LogP contribution in [0.25, 0.3) is 11.0 Å². The smallest absolute Gasteiger partial charge is 0.276 e. The fourth-order valence-electron chi connectivity index (χ4n) is 2.97. The third kappa shape index (κ3) is 2.67. The lowest BCUT2D eigenvalue weighted by molar-refractivity contribution is 0.0296. The summed E-state index contributed by atoms with van der Waals surface area (Å²) in [6, 6.07) is 9.66. The Morgan fingerprint density at radius 3 is 2.88 bits per heavy atom. The van der Waals surface area contributed by atoms with Crippen molar-refractivity contribution in [2.24, 2.45) is 0 Å².